The number of hydrogen-bond donors (Lipinski definition) is 0. The quantitative estimate of drug-likeness (QED) is 0.509. The van der Waals surface area contributed by atoms with Crippen molar-refractivity contribution >= 4 is 50.2 Å². The van der Waals surface area contributed by atoms with Gasteiger partial charge in [0.05, 0.1) is 10.3 Å². The molecule has 0 aromatic carbocycles. The first-order valence-corrected chi connectivity index (χ1v) is 11.6. The molecule has 0 aliphatic carbocycles. The second kappa shape index (κ2) is 8.93. The summed E-state index contributed by atoms with van der Waals surface area (Å²) in [5.74, 6) is 1.07. The number of nitrogens with zero attached hydrogens (tertiary/aromatic N) is 4. The third kappa shape index (κ3) is 3.95. The van der Waals surface area contributed by atoms with Crippen LogP contribution < -0.4 is 4.90 Å². The number of anilines is 1. The van der Waals surface area contributed by atoms with Crippen LogP contribution in [0.2, 0.25) is 0 Å². The van der Waals surface area contributed by atoms with Gasteiger partial charge in [-0.3, -0.25) is 4.79 Å². The molecule has 1 fully saturated rings. The average Bonchev–Trinajstić information content (AvgIpc) is 3.44. The van der Waals surface area contributed by atoms with Crippen LogP contribution in [0.5, 0.6) is 0 Å². The SMILES string of the molecule is C=C/C=C(\C=C)c1ccc(C(=O)N2CCN(c3ncnc4sc(CC)cc34)CC2)s1. The zero-order chi connectivity index (χ0) is 21.1. The van der Waals surface area contributed by atoms with Crippen LogP contribution in [0.15, 0.2) is 55.9 Å². The van der Waals surface area contributed by atoms with E-state index in [1.807, 2.05) is 23.1 Å². The Morgan fingerprint density at radius 2 is 1.90 bits per heavy atom. The van der Waals surface area contributed by atoms with Gasteiger partial charge in [0, 0.05) is 35.9 Å². The van der Waals surface area contributed by atoms with Gasteiger partial charge < -0.3 is 9.80 Å². The van der Waals surface area contributed by atoms with Crippen molar-refractivity contribution in [1.82, 2.24) is 14.9 Å². The molecule has 3 aromatic rings. The van der Waals surface area contributed by atoms with E-state index >= 15 is 0 Å². The fraction of sp³-hybridized carbons (Fsp3) is 0.261. The largest absolute Gasteiger partial charge is 0.352 e. The van der Waals surface area contributed by atoms with Gasteiger partial charge in [-0.25, -0.2) is 9.97 Å². The maximum atomic E-state index is 13.0. The van der Waals surface area contributed by atoms with E-state index in [-0.39, 0.29) is 5.91 Å². The zero-order valence-corrected chi connectivity index (χ0v) is 18.6. The molecule has 0 atom stereocenters. The molecule has 1 saturated heterocycles. The Hall–Kier alpha value is -2.77. The molecule has 154 valence electrons. The number of aromatic nitrogens is 2. The van der Waals surface area contributed by atoms with Crippen LogP contribution in [0, 0.1) is 0 Å². The molecule has 30 heavy (non-hydrogen) atoms. The number of amides is 1. The van der Waals surface area contributed by atoms with Gasteiger partial charge in [0.25, 0.3) is 5.91 Å². The number of fused-ring (bicyclic) bond motifs is 1. The Kier molecular flexibility index (Phi) is 6.11. The predicted molar refractivity (Wildman–Crippen MR) is 128 cm³/mol. The highest BCUT2D eigenvalue weighted by molar-refractivity contribution is 7.18. The molecular weight excluding hydrogens is 412 g/mol. The van der Waals surface area contributed by atoms with Gasteiger partial charge in [0.1, 0.15) is 17.0 Å². The molecule has 1 aliphatic heterocycles. The lowest BCUT2D eigenvalue weighted by molar-refractivity contribution is 0.0751. The number of hydrogen-bond acceptors (Lipinski definition) is 6. The Morgan fingerprint density at radius 1 is 1.13 bits per heavy atom. The lowest BCUT2D eigenvalue weighted by Crippen LogP contribution is -2.49. The first kappa shape index (κ1) is 20.5. The van der Waals surface area contributed by atoms with Crippen LogP contribution in [0.1, 0.15) is 26.3 Å². The highest BCUT2D eigenvalue weighted by atomic mass is 32.1. The molecule has 0 spiro atoms. The molecule has 7 heteroatoms. The molecule has 1 aliphatic rings. The van der Waals surface area contributed by atoms with E-state index in [0.717, 1.165) is 50.9 Å². The first-order chi connectivity index (χ1) is 14.6. The highest BCUT2D eigenvalue weighted by Gasteiger charge is 2.25. The Morgan fingerprint density at radius 3 is 2.60 bits per heavy atom. The van der Waals surface area contributed by atoms with Crippen molar-refractivity contribution in [1.29, 1.82) is 0 Å². The number of carbonyl (C=O) groups is 1. The summed E-state index contributed by atoms with van der Waals surface area (Å²) in [5, 5.41) is 1.12. The number of aryl methyl sites for hydroxylation is 1. The van der Waals surface area contributed by atoms with Gasteiger partial charge in [-0.15, -0.1) is 22.7 Å². The third-order valence-electron chi connectivity index (χ3n) is 5.19. The van der Waals surface area contributed by atoms with Gasteiger partial charge >= 0.3 is 0 Å². The van der Waals surface area contributed by atoms with Crippen molar-refractivity contribution in [2.75, 3.05) is 31.1 Å². The smallest absolute Gasteiger partial charge is 0.264 e. The summed E-state index contributed by atoms with van der Waals surface area (Å²) in [6.45, 7) is 12.6. The minimum Gasteiger partial charge on any atom is -0.352 e. The second-order valence-corrected chi connectivity index (χ2v) is 9.19. The van der Waals surface area contributed by atoms with E-state index in [9.17, 15) is 4.79 Å². The van der Waals surface area contributed by atoms with Gasteiger partial charge in [-0.1, -0.05) is 38.3 Å². The van der Waals surface area contributed by atoms with E-state index in [2.05, 4.69) is 41.0 Å². The lowest BCUT2D eigenvalue weighted by Gasteiger charge is -2.35. The summed E-state index contributed by atoms with van der Waals surface area (Å²) >= 11 is 3.23. The standard InChI is InChI=1S/C23H24N4OS2/c1-4-7-16(5-2)19-8-9-20(30-19)23(28)27-12-10-26(11-13-27)21-18-14-17(6-3)29-22(18)25-15-24-21/h4-5,7-9,14-15H,1-2,6,10-13H2,3H3/b16-7+. The number of allylic oxidation sites excluding steroid dienone is 4. The average molecular weight is 437 g/mol. The molecule has 4 heterocycles. The monoisotopic (exact) mass is 436 g/mol. The number of carbonyl (C=O) groups excluding carboxylic acids is 1. The predicted octanol–water partition coefficient (Wildman–Crippen LogP) is 5.03. The van der Waals surface area contributed by atoms with Crippen LogP contribution in [0.3, 0.4) is 0 Å². The van der Waals surface area contributed by atoms with Crippen molar-refractivity contribution in [3.8, 4) is 0 Å². The Balaban J connectivity index is 1.46. The van der Waals surface area contributed by atoms with Crippen molar-refractivity contribution < 1.29 is 4.79 Å². The summed E-state index contributed by atoms with van der Waals surface area (Å²) in [4.78, 5) is 30.3. The summed E-state index contributed by atoms with van der Waals surface area (Å²) < 4.78 is 0. The molecule has 5 nitrogen and oxygen atoms in total. The van der Waals surface area contributed by atoms with Crippen molar-refractivity contribution in [2.45, 2.75) is 13.3 Å². The van der Waals surface area contributed by atoms with E-state index in [4.69, 9.17) is 0 Å². The van der Waals surface area contributed by atoms with Gasteiger partial charge in [0.15, 0.2) is 0 Å². The third-order valence-corrected chi connectivity index (χ3v) is 7.50. The van der Waals surface area contributed by atoms with E-state index in [1.165, 1.54) is 16.2 Å². The topological polar surface area (TPSA) is 49.3 Å². The van der Waals surface area contributed by atoms with Gasteiger partial charge in [0.2, 0.25) is 0 Å². The molecule has 0 radical (unpaired) electrons. The molecule has 0 saturated carbocycles. The number of rotatable bonds is 6. The lowest BCUT2D eigenvalue weighted by atomic mass is 10.2. The Labute approximate surface area is 184 Å². The van der Waals surface area contributed by atoms with Gasteiger partial charge in [-0.2, -0.15) is 0 Å². The minimum atomic E-state index is 0.0875. The van der Waals surface area contributed by atoms with Gasteiger partial charge in [-0.05, 0) is 30.2 Å². The Bertz CT molecular complexity index is 1120. The van der Waals surface area contributed by atoms with E-state index < -0.39 is 0 Å². The number of thiophene rings is 2. The molecule has 4 rings (SSSR count). The van der Waals surface area contributed by atoms with Crippen LogP contribution in [-0.4, -0.2) is 47.0 Å². The molecule has 1 amide bonds. The fourth-order valence-electron chi connectivity index (χ4n) is 3.58. The zero-order valence-electron chi connectivity index (χ0n) is 17.0. The summed E-state index contributed by atoms with van der Waals surface area (Å²) in [7, 11) is 0. The fourth-order valence-corrected chi connectivity index (χ4v) is 5.51. The highest BCUT2D eigenvalue weighted by Crippen LogP contribution is 2.31. The first-order valence-electron chi connectivity index (χ1n) is 9.97. The normalized spacial score (nSPS) is 14.9. The molecule has 0 N–H and O–H groups in total. The molecule has 0 unspecified atom stereocenters. The van der Waals surface area contributed by atoms with Crippen molar-refractivity contribution in [3.63, 3.8) is 0 Å². The molecule has 0 bridgehead atoms. The maximum absolute atomic E-state index is 13.0. The van der Waals surface area contributed by atoms with Crippen LogP contribution in [0.25, 0.3) is 15.8 Å². The van der Waals surface area contributed by atoms with Crippen LogP contribution in [0.4, 0.5) is 5.82 Å². The summed E-state index contributed by atoms with van der Waals surface area (Å²) in [5.41, 5.74) is 0.980. The van der Waals surface area contributed by atoms with Crippen LogP contribution in [-0.2, 0) is 6.42 Å². The van der Waals surface area contributed by atoms with E-state index in [0.29, 0.717) is 13.1 Å². The van der Waals surface area contributed by atoms with Crippen molar-refractivity contribution in [3.05, 3.63) is 70.5 Å². The molecular formula is C23H24N4OS2. The second-order valence-electron chi connectivity index (χ2n) is 6.99. The minimum absolute atomic E-state index is 0.0875. The molecule has 3 aromatic heterocycles. The van der Waals surface area contributed by atoms with E-state index in [1.54, 1.807) is 29.8 Å². The summed E-state index contributed by atoms with van der Waals surface area (Å²) in [6.07, 6.45) is 8.08. The van der Waals surface area contributed by atoms with Crippen molar-refractivity contribution in [2.24, 2.45) is 0 Å². The summed E-state index contributed by atoms with van der Waals surface area (Å²) in [6, 6.07) is 6.08. The van der Waals surface area contributed by atoms with Crippen LogP contribution >= 0.6 is 22.7 Å². The maximum Gasteiger partial charge on any atom is 0.264 e. The number of piperazine rings is 1.